The summed E-state index contributed by atoms with van der Waals surface area (Å²) in [6.45, 7) is 7.44. The molecule has 10 atom stereocenters. The van der Waals surface area contributed by atoms with Gasteiger partial charge < -0.3 is 9.47 Å². The van der Waals surface area contributed by atoms with Gasteiger partial charge in [-0.25, -0.2) is 0 Å². The highest BCUT2D eigenvalue weighted by molar-refractivity contribution is 5.75. The average Bonchev–Trinajstić information content (AvgIpc) is 3.20. The second-order valence-electron chi connectivity index (χ2n) is 9.81. The molecule has 5 rings (SSSR count). The lowest BCUT2D eigenvalue weighted by molar-refractivity contribution is -0.148. The fourth-order valence-electron chi connectivity index (χ4n) is 7.48. The number of hydrogen-bond donors (Lipinski definition) is 0. The maximum Gasteiger partial charge on any atom is 0.309 e. The first-order valence-electron chi connectivity index (χ1n) is 11.2. The molecular formula is C22H33NO4. The van der Waals surface area contributed by atoms with Gasteiger partial charge in [0.2, 0.25) is 0 Å². The maximum atomic E-state index is 12.5. The fraction of sp³-hybridized carbons (Fsp3) is 0.909. The van der Waals surface area contributed by atoms with E-state index in [0.29, 0.717) is 35.8 Å². The number of carbonyl (C=O) groups is 2. The van der Waals surface area contributed by atoms with Gasteiger partial charge in [-0.2, -0.15) is 0 Å². The summed E-state index contributed by atoms with van der Waals surface area (Å²) in [5.41, 5.74) is 0. The summed E-state index contributed by atoms with van der Waals surface area (Å²) in [5, 5.41) is 0. The van der Waals surface area contributed by atoms with Gasteiger partial charge in [0.1, 0.15) is 12.2 Å². The zero-order valence-corrected chi connectivity index (χ0v) is 16.8. The number of cyclic esters (lactones) is 1. The largest absolute Gasteiger partial charge is 0.462 e. The molecule has 0 aromatic heterocycles. The van der Waals surface area contributed by atoms with Crippen LogP contribution in [0.3, 0.4) is 0 Å². The van der Waals surface area contributed by atoms with Gasteiger partial charge in [0.15, 0.2) is 0 Å². The highest BCUT2D eigenvalue weighted by atomic mass is 16.6. The zero-order valence-electron chi connectivity index (χ0n) is 16.8. The molecule has 0 unspecified atom stereocenters. The number of ether oxygens (including phenoxy) is 2. The lowest BCUT2D eigenvalue weighted by Crippen LogP contribution is -2.54. The molecule has 1 aliphatic carbocycles. The van der Waals surface area contributed by atoms with Gasteiger partial charge in [0.25, 0.3) is 0 Å². The van der Waals surface area contributed by atoms with Crippen LogP contribution < -0.4 is 0 Å². The molecule has 0 aromatic rings. The molecule has 5 heteroatoms. The highest BCUT2D eigenvalue weighted by Crippen LogP contribution is 2.57. The van der Waals surface area contributed by atoms with Crippen molar-refractivity contribution < 1.29 is 19.1 Å². The molecule has 5 fully saturated rings. The minimum absolute atomic E-state index is 0.00362. The highest BCUT2D eigenvalue weighted by Gasteiger charge is 2.63. The first-order chi connectivity index (χ1) is 13.0. The Morgan fingerprint density at radius 3 is 2.56 bits per heavy atom. The van der Waals surface area contributed by atoms with E-state index in [9.17, 15) is 9.59 Å². The number of rotatable bonds is 2. The van der Waals surface area contributed by atoms with Crippen molar-refractivity contribution in [3.8, 4) is 0 Å². The standard InChI is InChI=1S/C22H33NO4/c1-4-13-14-7-5-6-8-23-16(17-9-11(2)21(24)26-17)10-15(19(14)23)18-12(3)22(25)27-20(13)18/h11-20H,4-10H2,1-3H3/t11-,12+,13-,14-,15+,16+,17-,18+,19+,20-/m1/s1. The molecule has 0 bridgehead atoms. The van der Waals surface area contributed by atoms with E-state index in [4.69, 9.17) is 9.47 Å². The predicted molar refractivity (Wildman–Crippen MR) is 99.7 cm³/mol. The Hall–Kier alpha value is -1.10. The molecule has 5 nitrogen and oxygen atoms in total. The van der Waals surface area contributed by atoms with E-state index in [2.05, 4.69) is 18.7 Å². The third-order valence-corrected chi connectivity index (χ3v) is 8.61. The zero-order chi connectivity index (χ0) is 18.9. The van der Waals surface area contributed by atoms with Crippen LogP contribution in [0.4, 0.5) is 0 Å². The van der Waals surface area contributed by atoms with E-state index in [0.717, 1.165) is 25.8 Å². The molecule has 0 N–H and O–H groups in total. The number of hydrogen-bond acceptors (Lipinski definition) is 5. The minimum atomic E-state index is -0.0294. The van der Waals surface area contributed by atoms with Crippen LogP contribution >= 0.6 is 0 Å². The minimum Gasteiger partial charge on any atom is -0.462 e. The van der Waals surface area contributed by atoms with Crippen LogP contribution in [-0.4, -0.2) is 47.7 Å². The number of fused-ring (bicyclic) bond motifs is 2. The van der Waals surface area contributed by atoms with Crippen molar-refractivity contribution in [1.82, 2.24) is 4.90 Å². The Morgan fingerprint density at radius 1 is 1.04 bits per heavy atom. The molecule has 150 valence electrons. The Balaban J connectivity index is 1.51. The van der Waals surface area contributed by atoms with Gasteiger partial charge in [-0.3, -0.25) is 14.5 Å². The molecule has 5 aliphatic rings. The van der Waals surface area contributed by atoms with Gasteiger partial charge in [0, 0.05) is 23.9 Å². The summed E-state index contributed by atoms with van der Waals surface area (Å²) in [7, 11) is 0. The Bertz CT molecular complexity index is 636. The first kappa shape index (κ1) is 18.0. The molecule has 27 heavy (non-hydrogen) atoms. The smallest absolute Gasteiger partial charge is 0.309 e. The van der Waals surface area contributed by atoms with E-state index < -0.39 is 0 Å². The van der Waals surface area contributed by atoms with Crippen molar-refractivity contribution >= 4 is 11.9 Å². The van der Waals surface area contributed by atoms with Gasteiger partial charge >= 0.3 is 11.9 Å². The number of carbonyl (C=O) groups excluding carboxylic acids is 2. The van der Waals surface area contributed by atoms with Crippen LogP contribution in [0.25, 0.3) is 0 Å². The molecule has 0 radical (unpaired) electrons. The molecule has 0 amide bonds. The topological polar surface area (TPSA) is 55.8 Å². The van der Waals surface area contributed by atoms with Gasteiger partial charge in [-0.1, -0.05) is 27.2 Å². The van der Waals surface area contributed by atoms with Crippen molar-refractivity contribution in [2.75, 3.05) is 6.54 Å². The third kappa shape index (κ3) is 2.53. The fourth-order valence-corrected chi connectivity index (χ4v) is 7.48. The van der Waals surface area contributed by atoms with Crippen LogP contribution in [0.1, 0.15) is 59.3 Å². The normalized spacial score (nSPS) is 52.1. The van der Waals surface area contributed by atoms with Crippen molar-refractivity contribution in [3.05, 3.63) is 0 Å². The monoisotopic (exact) mass is 375 g/mol. The molecule has 4 heterocycles. The summed E-state index contributed by atoms with van der Waals surface area (Å²) < 4.78 is 11.8. The summed E-state index contributed by atoms with van der Waals surface area (Å²) in [4.78, 5) is 27.3. The van der Waals surface area contributed by atoms with Gasteiger partial charge in [0.05, 0.1) is 11.8 Å². The van der Waals surface area contributed by atoms with E-state index in [-0.39, 0.29) is 36.0 Å². The van der Waals surface area contributed by atoms with Crippen LogP contribution in [0.15, 0.2) is 0 Å². The van der Waals surface area contributed by atoms with E-state index in [1.807, 2.05) is 6.92 Å². The Labute approximate surface area is 162 Å². The molecule has 0 spiro atoms. The number of nitrogens with zero attached hydrogens (tertiary/aromatic N) is 1. The van der Waals surface area contributed by atoms with Crippen molar-refractivity contribution in [1.29, 1.82) is 0 Å². The molecule has 1 saturated carbocycles. The Kier molecular flexibility index (Phi) is 4.30. The van der Waals surface area contributed by atoms with E-state index in [1.165, 1.54) is 19.3 Å². The van der Waals surface area contributed by atoms with E-state index in [1.54, 1.807) is 0 Å². The van der Waals surface area contributed by atoms with Crippen molar-refractivity contribution in [3.63, 3.8) is 0 Å². The lowest BCUT2D eigenvalue weighted by Gasteiger charge is -2.48. The van der Waals surface area contributed by atoms with Crippen LogP contribution in [0.2, 0.25) is 0 Å². The molecular weight excluding hydrogens is 342 g/mol. The summed E-state index contributed by atoms with van der Waals surface area (Å²) >= 11 is 0. The average molecular weight is 376 g/mol. The SMILES string of the molecule is CC[C@@H]1[C@H]2CCCCN3[C@@H]2[C@@H](C[C@H]3[C@H]2C[C@@H](C)C(=O)O2)[C@H]2[C@@H]1OC(=O)[C@H]2C. The quantitative estimate of drug-likeness (QED) is 0.695. The lowest BCUT2D eigenvalue weighted by atomic mass is 9.60. The van der Waals surface area contributed by atoms with Crippen molar-refractivity contribution in [2.24, 2.45) is 35.5 Å². The summed E-state index contributed by atoms with van der Waals surface area (Å²) in [6.07, 6.45) is 6.87. The third-order valence-electron chi connectivity index (χ3n) is 8.61. The Morgan fingerprint density at radius 2 is 1.85 bits per heavy atom. The molecule has 4 aliphatic heterocycles. The van der Waals surface area contributed by atoms with Gasteiger partial charge in [-0.05, 0) is 50.5 Å². The molecule has 4 saturated heterocycles. The summed E-state index contributed by atoms with van der Waals surface area (Å²) in [5.74, 6) is 1.94. The van der Waals surface area contributed by atoms with Crippen molar-refractivity contribution in [2.45, 2.75) is 83.6 Å². The predicted octanol–water partition coefficient (Wildman–Crippen LogP) is 3.01. The maximum absolute atomic E-state index is 12.5. The van der Waals surface area contributed by atoms with Crippen LogP contribution in [0.5, 0.6) is 0 Å². The number of esters is 2. The van der Waals surface area contributed by atoms with Gasteiger partial charge in [-0.15, -0.1) is 0 Å². The van der Waals surface area contributed by atoms with Crippen LogP contribution in [-0.2, 0) is 19.1 Å². The summed E-state index contributed by atoms with van der Waals surface area (Å²) in [6, 6.07) is 0.865. The second kappa shape index (κ2) is 6.47. The van der Waals surface area contributed by atoms with Crippen LogP contribution in [0, 0.1) is 35.5 Å². The first-order valence-corrected chi connectivity index (χ1v) is 11.2. The second-order valence-corrected chi connectivity index (χ2v) is 9.81. The van der Waals surface area contributed by atoms with E-state index >= 15 is 0 Å². The molecule has 0 aromatic carbocycles.